The van der Waals surface area contributed by atoms with Gasteiger partial charge < -0.3 is 10.8 Å². The van der Waals surface area contributed by atoms with E-state index < -0.39 is 15.8 Å². The molecule has 1 aromatic rings. The molecule has 0 fully saturated rings. The van der Waals surface area contributed by atoms with Crippen molar-refractivity contribution in [3.63, 3.8) is 0 Å². The summed E-state index contributed by atoms with van der Waals surface area (Å²) in [5, 5.41) is 9.05. The average Bonchev–Trinajstić information content (AvgIpc) is 2.19. The van der Waals surface area contributed by atoms with Crippen molar-refractivity contribution in [2.45, 2.75) is 10.8 Å². The molecule has 15 heavy (non-hydrogen) atoms. The first kappa shape index (κ1) is 12.1. The number of aliphatic hydroxyl groups excluding tert-OH is 1. The van der Waals surface area contributed by atoms with Crippen LogP contribution in [0.5, 0.6) is 0 Å². The summed E-state index contributed by atoms with van der Waals surface area (Å²) in [5.74, 6) is -0.434. The monoisotopic (exact) mass is 230 g/mol. The second-order valence-electron chi connectivity index (χ2n) is 3.27. The Bertz CT molecular complexity index is 427. The zero-order chi connectivity index (χ0) is 11.5. The van der Waals surface area contributed by atoms with Crippen LogP contribution < -0.4 is 5.73 Å². The van der Waals surface area contributed by atoms with Gasteiger partial charge in [-0.2, -0.15) is 0 Å². The second-order valence-corrected chi connectivity index (χ2v) is 5.26. The van der Waals surface area contributed by atoms with Crippen LogP contribution in [0.2, 0.25) is 0 Å². The molecule has 1 heterocycles. The number of rotatable bonds is 4. The van der Waals surface area contributed by atoms with Crippen molar-refractivity contribution < 1.29 is 13.5 Å². The Morgan fingerprint density at radius 2 is 2.27 bits per heavy atom. The quantitative estimate of drug-likeness (QED) is 0.728. The predicted molar refractivity (Wildman–Crippen MR) is 56.2 cm³/mol. The second kappa shape index (κ2) is 4.69. The highest BCUT2D eigenvalue weighted by Gasteiger charge is 2.20. The Balaban J connectivity index is 3.29. The van der Waals surface area contributed by atoms with Crippen molar-refractivity contribution in [3.8, 4) is 0 Å². The molecule has 0 radical (unpaired) electrons. The summed E-state index contributed by atoms with van der Waals surface area (Å²) in [6.45, 7) is -0.0495. The molecule has 0 aliphatic heterocycles. The Morgan fingerprint density at radius 3 is 2.73 bits per heavy atom. The molecule has 0 amide bonds. The van der Waals surface area contributed by atoms with Crippen molar-refractivity contribution in [2.75, 3.05) is 19.4 Å². The number of nitrogens with zero attached hydrogens (tertiary/aromatic N) is 1. The standard InChI is InChI=1S/C9H14N2O3S/c1-15(13,14)8-3-2-4-11-9(8)7(5-10)6-12/h2-4,7,12H,5-6,10H2,1H3. The van der Waals surface area contributed by atoms with Gasteiger partial charge in [0.2, 0.25) is 0 Å². The molecule has 0 saturated carbocycles. The lowest BCUT2D eigenvalue weighted by atomic mass is 10.1. The van der Waals surface area contributed by atoms with Crippen LogP contribution in [0.4, 0.5) is 0 Å². The molecule has 0 bridgehead atoms. The van der Waals surface area contributed by atoms with Crippen LogP contribution in [0, 0.1) is 0 Å². The Kier molecular flexibility index (Phi) is 3.78. The molecule has 6 heteroatoms. The SMILES string of the molecule is CS(=O)(=O)c1cccnc1C(CN)CO. The van der Waals surface area contributed by atoms with E-state index in [1.165, 1.54) is 12.3 Å². The van der Waals surface area contributed by atoms with Crippen LogP contribution in [0.1, 0.15) is 11.6 Å². The van der Waals surface area contributed by atoms with Gasteiger partial charge in [0.1, 0.15) is 0 Å². The molecule has 0 aromatic carbocycles. The maximum Gasteiger partial charge on any atom is 0.177 e. The summed E-state index contributed by atoms with van der Waals surface area (Å²) in [5.41, 5.74) is 5.77. The first-order valence-electron chi connectivity index (χ1n) is 4.46. The Labute approximate surface area is 88.9 Å². The fourth-order valence-electron chi connectivity index (χ4n) is 1.30. The zero-order valence-corrected chi connectivity index (χ0v) is 9.24. The molecular formula is C9H14N2O3S. The number of pyridine rings is 1. The Hall–Kier alpha value is -0.980. The number of aliphatic hydroxyl groups is 1. The average molecular weight is 230 g/mol. The lowest BCUT2D eigenvalue weighted by Crippen LogP contribution is -2.20. The van der Waals surface area contributed by atoms with Crippen molar-refractivity contribution in [1.82, 2.24) is 4.98 Å². The number of nitrogens with two attached hydrogens (primary N) is 1. The third-order valence-electron chi connectivity index (χ3n) is 2.09. The van der Waals surface area contributed by atoms with E-state index in [2.05, 4.69) is 4.98 Å². The van der Waals surface area contributed by atoms with Crippen molar-refractivity contribution in [1.29, 1.82) is 0 Å². The minimum Gasteiger partial charge on any atom is -0.396 e. The van der Waals surface area contributed by atoms with Gasteiger partial charge in [-0.1, -0.05) is 0 Å². The molecule has 1 aromatic heterocycles. The molecule has 1 rings (SSSR count). The van der Waals surface area contributed by atoms with E-state index in [9.17, 15) is 8.42 Å². The van der Waals surface area contributed by atoms with Crippen LogP contribution in [0.15, 0.2) is 23.2 Å². The van der Waals surface area contributed by atoms with Gasteiger partial charge in [-0.3, -0.25) is 4.98 Å². The maximum absolute atomic E-state index is 11.4. The first-order chi connectivity index (χ1) is 7.00. The highest BCUT2D eigenvalue weighted by molar-refractivity contribution is 7.90. The van der Waals surface area contributed by atoms with Crippen LogP contribution >= 0.6 is 0 Å². The third-order valence-corrected chi connectivity index (χ3v) is 3.23. The van der Waals surface area contributed by atoms with Gasteiger partial charge in [-0.05, 0) is 12.1 Å². The van der Waals surface area contributed by atoms with Crippen LogP contribution in [-0.4, -0.2) is 37.9 Å². The number of hydrogen-bond acceptors (Lipinski definition) is 5. The summed E-state index contributed by atoms with van der Waals surface area (Å²) in [6.07, 6.45) is 2.60. The van der Waals surface area contributed by atoms with Crippen molar-refractivity contribution in [2.24, 2.45) is 5.73 Å². The normalized spacial score (nSPS) is 13.8. The minimum atomic E-state index is -3.33. The number of sulfone groups is 1. The van der Waals surface area contributed by atoms with E-state index in [1.807, 2.05) is 0 Å². The predicted octanol–water partition coefficient (Wildman–Crippen LogP) is -0.480. The topological polar surface area (TPSA) is 93.3 Å². The summed E-state index contributed by atoms with van der Waals surface area (Å²) in [6, 6.07) is 3.01. The van der Waals surface area contributed by atoms with Gasteiger partial charge in [0, 0.05) is 24.9 Å². The smallest absolute Gasteiger partial charge is 0.177 e. The first-order valence-corrected chi connectivity index (χ1v) is 6.35. The Morgan fingerprint density at radius 1 is 1.60 bits per heavy atom. The summed E-state index contributed by atoms with van der Waals surface area (Å²) >= 11 is 0. The molecule has 0 saturated heterocycles. The fourth-order valence-corrected chi connectivity index (χ4v) is 2.22. The van der Waals surface area contributed by atoms with Gasteiger partial charge in [-0.25, -0.2) is 8.42 Å². The van der Waals surface area contributed by atoms with Crippen LogP contribution in [-0.2, 0) is 9.84 Å². The van der Waals surface area contributed by atoms with Gasteiger partial charge in [0.05, 0.1) is 17.2 Å². The number of hydrogen-bond donors (Lipinski definition) is 2. The largest absolute Gasteiger partial charge is 0.396 e. The van der Waals surface area contributed by atoms with E-state index in [0.717, 1.165) is 6.26 Å². The maximum atomic E-state index is 11.4. The highest BCUT2D eigenvalue weighted by Crippen LogP contribution is 2.20. The van der Waals surface area contributed by atoms with Crippen molar-refractivity contribution >= 4 is 9.84 Å². The molecule has 1 atom stereocenters. The van der Waals surface area contributed by atoms with Gasteiger partial charge in [0.15, 0.2) is 9.84 Å². The van der Waals surface area contributed by atoms with Crippen LogP contribution in [0.3, 0.4) is 0 Å². The van der Waals surface area contributed by atoms with E-state index in [4.69, 9.17) is 10.8 Å². The number of aromatic nitrogens is 1. The van der Waals surface area contributed by atoms with Gasteiger partial charge in [-0.15, -0.1) is 0 Å². The lowest BCUT2D eigenvalue weighted by molar-refractivity contribution is 0.264. The molecule has 84 valence electrons. The molecular weight excluding hydrogens is 216 g/mol. The van der Waals surface area contributed by atoms with E-state index in [0.29, 0.717) is 5.69 Å². The minimum absolute atomic E-state index is 0.134. The summed E-state index contributed by atoms with van der Waals surface area (Å²) in [7, 11) is -3.33. The summed E-state index contributed by atoms with van der Waals surface area (Å²) in [4.78, 5) is 4.10. The van der Waals surface area contributed by atoms with E-state index in [1.54, 1.807) is 6.07 Å². The fraction of sp³-hybridized carbons (Fsp3) is 0.444. The van der Waals surface area contributed by atoms with E-state index >= 15 is 0 Å². The van der Waals surface area contributed by atoms with Gasteiger partial charge in [0.25, 0.3) is 0 Å². The van der Waals surface area contributed by atoms with Gasteiger partial charge >= 0.3 is 0 Å². The summed E-state index contributed by atoms with van der Waals surface area (Å²) < 4.78 is 22.9. The lowest BCUT2D eigenvalue weighted by Gasteiger charge is -2.13. The molecule has 1 unspecified atom stereocenters. The van der Waals surface area contributed by atoms with Crippen LogP contribution in [0.25, 0.3) is 0 Å². The third kappa shape index (κ3) is 2.74. The molecule has 0 aliphatic carbocycles. The molecule has 5 nitrogen and oxygen atoms in total. The molecule has 0 spiro atoms. The molecule has 0 aliphatic rings. The molecule has 3 N–H and O–H groups in total. The highest BCUT2D eigenvalue weighted by atomic mass is 32.2. The van der Waals surface area contributed by atoms with Crippen molar-refractivity contribution in [3.05, 3.63) is 24.0 Å². The zero-order valence-electron chi connectivity index (χ0n) is 8.42. The van der Waals surface area contributed by atoms with E-state index in [-0.39, 0.29) is 18.0 Å².